The van der Waals surface area contributed by atoms with Crippen molar-refractivity contribution in [2.75, 3.05) is 7.11 Å². The third-order valence-corrected chi connectivity index (χ3v) is 3.43. The molecule has 4 heteroatoms. The topological polar surface area (TPSA) is 39.4 Å². The molecule has 0 aliphatic heterocycles. The van der Waals surface area contributed by atoms with E-state index in [9.17, 15) is 4.79 Å². The molecule has 0 saturated heterocycles. The van der Waals surface area contributed by atoms with Crippen LogP contribution >= 0.6 is 11.6 Å². The van der Waals surface area contributed by atoms with Gasteiger partial charge in [-0.25, -0.2) is 0 Å². The average molecular weight is 287 g/mol. The van der Waals surface area contributed by atoms with Crippen molar-refractivity contribution in [2.45, 2.75) is 0 Å². The first kappa shape index (κ1) is 12.8. The van der Waals surface area contributed by atoms with Crippen LogP contribution in [0.3, 0.4) is 0 Å². The summed E-state index contributed by atoms with van der Waals surface area (Å²) < 4.78 is 10.7. The highest BCUT2D eigenvalue weighted by Crippen LogP contribution is 2.29. The fraction of sp³-hybridized carbons (Fsp3) is 0.0625. The maximum absolute atomic E-state index is 12.5. The van der Waals surface area contributed by atoms with E-state index < -0.39 is 0 Å². The largest absolute Gasteiger partial charge is 0.495 e. The summed E-state index contributed by atoms with van der Waals surface area (Å²) in [5.74, 6) is 0.481. The van der Waals surface area contributed by atoms with Crippen LogP contribution in [0.2, 0.25) is 5.02 Å². The molecule has 2 aromatic carbocycles. The van der Waals surface area contributed by atoms with Gasteiger partial charge in [-0.1, -0.05) is 41.9 Å². The van der Waals surface area contributed by atoms with E-state index in [1.807, 2.05) is 30.3 Å². The van der Waals surface area contributed by atoms with Gasteiger partial charge in [0.15, 0.2) is 0 Å². The van der Waals surface area contributed by atoms with Crippen LogP contribution in [0, 0.1) is 0 Å². The first-order valence-corrected chi connectivity index (χ1v) is 6.43. The lowest BCUT2D eigenvalue weighted by atomic mass is 10.1. The first-order chi connectivity index (χ1) is 9.70. The lowest BCUT2D eigenvalue weighted by Gasteiger charge is -2.06. The molecule has 3 rings (SSSR count). The molecule has 0 saturated carbocycles. The van der Waals surface area contributed by atoms with Crippen molar-refractivity contribution in [1.29, 1.82) is 0 Å². The fourth-order valence-electron chi connectivity index (χ4n) is 2.10. The summed E-state index contributed by atoms with van der Waals surface area (Å²) in [5, 5.41) is 0.828. The van der Waals surface area contributed by atoms with Gasteiger partial charge in [0.25, 0.3) is 0 Å². The molecule has 0 spiro atoms. The van der Waals surface area contributed by atoms with Crippen LogP contribution in [0.1, 0.15) is 0 Å². The fourth-order valence-corrected chi connectivity index (χ4v) is 2.34. The molecule has 0 radical (unpaired) electrons. The van der Waals surface area contributed by atoms with Gasteiger partial charge >= 0.3 is 0 Å². The molecule has 0 N–H and O–H groups in total. The second-order valence-corrected chi connectivity index (χ2v) is 4.73. The highest BCUT2D eigenvalue weighted by atomic mass is 35.5. The van der Waals surface area contributed by atoms with E-state index in [0.717, 1.165) is 5.56 Å². The summed E-state index contributed by atoms with van der Waals surface area (Å²) in [6.45, 7) is 0. The van der Waals surface area contributed by atoms with E-state index in [2.05, 4.69) is 0 Å². The van der Waals surface area contributed by atoms with Gasteiger partial charge in [0.2, 0.25) is 5.43 Å². The van der Waals surface area contributed by atoms with Crippen LogP contribution in [0.25, 0.3) is 22.1 Å². The van der Waals surface area contributed by atoms with E-state index in [1.165, 1.54) is 13.4 Å². The number of ether oxygens (including phenoxy) is 1. The van der Waals surface area contributed by atoms with Gasteiger partial charge in [-0.05, 0) is 11.6 Å². The van der Waals surface area contributed by atoms with Crippen LogP contribution < -0.4 is 10.2 Å². The first-order valence-electron chi connectivity index (χ1n) is 6.05. The van der Waals surface area contributed by atoms with Crippen molar-refractivity contribution >= 4 is 22.6 Å². The van der Waals surface area contributed by atoms with Gasteiger partial charge in [-0.3, -0.25) is 4.79 Å². The number of hydrogen-bond acceptors (Lipinski definition) is 3. The minimum Gasteiger partial charge on any atom is -0.495 e. The second kappa shape index (κ2) is 5.02. The van der Waals surface area contributed by atoms with Crippen molar-refractivity contribution in [2.24, 2.45) is 0 Å². The normalized spacial score (nSPS) is 10.7. The molecule has 0 unspecified atom stereocenters. The summed E-state index contributed by atoms with van der Waals surface area (Å²) in [6, 6.07) is 12.6. The molecule has 0 bridgehead atoms. The molecule has 3 nitrogen and oxygen atoms in total. The monoisotopic (exact) mass is 286 g/mol. The highest BCUT2D eigenvalue weighted by molar-refractivity contribution is 6.32. The minimum absolute atomic E-state index is 0.109. The number of halogens is 1. The van der Waals surface area contributed by atoms with Crippen molar-refractivity contribution < 1.29 is 9.15 Å². The Labute approximate surface area is 120 Å². The average Bonchev–Trinajstić information content (AvgIpc) is 2.48. The molecule has 100 valence electrons. The molecule has 3 aromatic rings. The molecule has 0 atom stereocenters. The Kier molecular flexibility index (Phi) is 3.20. The standard InChI is InChI=1S/C16H11ClO3/c1-19-15-8-14-11(7-13(15)17)16(18)12(9-20-14)10-5-3-2-4-6-10/h2-9H,1H3. The third kappa shape index (κ3) is 2.06. The van der Waals surface area contributed by atoms with Crippen LogP contribution in [0.15, 0.2) is 57.9 Å². The molecule has 20 heavy (non-hydrogen) atoms. The molecular formula is C16H11ClO3. The van der Waals surface area contributed by atoms with Crippen LogP contribution in [0.4, 0.5) is 0 Å². The van der Waals surface area contributed by atoms with E-state index in [-0.39, 0.29) is 5.43 Å². The number of benzene rings is 2. The summed E-state index contributed by atoms with van der Waals surface area (Å²) in [7, 11) is 1.52. The molecule has 0 aliphatic carbocycles. The van der Waals surface area contributed by atoms with Crippen LogP contribution in [-0.2, 0) is 0 Å². The van der Waals surface area contributed by atoms with E-state index >= 15 is 0 Å². The van der Waals surface area contributed by atoms with Gasteiger partial charge in [0, 0.05) is 6.07 Å². The Bertz CT molecular complexity index is 822. The number of hydrogen-bond donors (Lipinski definition) is 0. The highest BCUT2D eigenvalue weighted by Gasteiger charge is 2.12. The predicted octanol–water partition coefficient (Wildman–Crippen LogP) is 4.12. The van der Waals surface area contributed by atoms with E-state index in [4.69, 9.17) is 20.8 Å². The Morgan fingerprint density at radius 3 is 2.60 bits per heavy atom. The number of methoxy groups -OCH3 is 1. The summed E-state index contributed by atoms with van der Waals surface area (Å²) in [6.07, 6.45) is 1.47. The van der Waals surface area contributed by atoms with Gasteiger partial charge in [0.1, 0.15) is 17.6 Å². The number of rotatable bonds is 2. The van der Waals surface area contributed by atoms with Crippen LogP contribution in [-0.4, -0.2) is 7.11 Å². The summed E-state index contributed by atoms with van der Waals surface area (Å²) in [4.78, 5) is 12.5. The lowest BCUT2D eigenvalue weighted by molar-refractivity contribution is 0.414. The van der Waals surface area contributed by atoms with Crippen molar-refractivity contribution in [1.82, 2.24) is 0 Å². The quantitative estimate of drug-likeness (QED) is 0.711. The van der Waals surface area contributed by atoms with Gasteiger partial charge < -0.3 is 9.15 Å². The van der Waals surface area contributed by atoms with Crippen molar-refractivity contribution in [3.05, 3.63) is 64.0 Å². The van der Waals surface area contributed by atoms with Gasteiger partial charge in [0.05, 0.1) is 23.1 Å². The minimum atomic E-state index is -0.109. The summed E-state index contributed by atoms with van der Waals surface area (Å²) in [5.41, 5.74) is 1.67. The Morgan fingerprint density at radius 1 is 1.15 bits per heavy atom. The maximum atomic E-state index is 12.5. The molecule has 1 aromatic heterocycles. The van der Waals surface area contributed by atoms with Crippen molar-refractivity contribution in [3.63, 3.8) is 0 Å². The van der Waals surface area contributed by atoms with Gasteiger partial charge in [-0.2, -0.15) is 0 Å². The Balaban J connectivity index is 2.29. The molecule has 0 amide bonds. The number of fused-ring (bicyclic) bond motifs is 1. The zero-order chi connectivity index (χ0) is 14.1. The molecule has 0 aliphatic rings. The smallest absolute Gasteiger partial charge is 0.200 e. The van der Waals surface area contributed by atoms with Gasteiger partial charge in [-0.15, -0.1) is 0 Å². The van der Waals surface area contributed by atoms with Crippen molar-refractivity contribution in [3.8, 4) is 16.9 Å². The van der Waals surface area contributed by atoms with Crippen LogP contribution in [0.5, 0.6) is 5.75 Å². The third-order valence-electron chi connectivity index (χ3n) is 3.13. The van der Waals surface area contributed by atoms with E-state index in [1.54, 1.807) is 12.1 Å². The molecule has 1 heterocycles. The predicted molar refractivity (Wildman–Crippen MR) is 79.5 cm³/mol. The second-order valence-electron chi connectivity index (χ2n) is 4.33. The molecule has 0 fully saturated rings. The van der Waals surface area contributed by atoms with E-state index in [0.29, 0.717) is 27.3 Å². The Morgan fingerprint density at radius 2 is 1.90 bits per heavy atom. The summed E-state index contributed by atoms with van der Waals surface area (Å²) >= 11 is 6.07. The molecular weight excluding hydrogens is 276 g/mol. The zero-order valence-corrected chi connectivity index (χ0v) is 11.5. The SMILES string of the molecule is COc1cc2occ(-c3ccccc3)c(=O)c2cc1Cl. The lowest BCUT2D eigenvalue weighted by Crippen LogP contribution is -2.05. The zero-order valence-electron chi connectivity index (χ0n) is 10.7. The Hall–Kier alpha value is -2.26. The maximum Gasteiger partial charge on any atom is 0.200 e.